The summed E-state index contributed by atoms with van der Waals surface area (Å²) < 4.78 is 24.6. The van der Waals surface area contributed by atoms with Crippen molar-refractivity contribution in [3.63, 3.8) is 0 Å². The number of piperidine rings is 1. The Morgan fingerprint density at radius 3 is 2.58 bits per heavy atom. The highest BCUT2D eigenvalue weighted by Gasteiger charge is 2.33. The first-order valence-corrected chi connectivity index (χ1v) is 8.96. The quantitative estimate of drug-likeness (QED) is 0.827. The number of sulfonamides is 1. The van der Waals surface area contributed by atoms with Gasteiger partial charge in [0.25, 0.3) is 0 Å². The molecule has 3 atom stereocenters. The average molecular weight is 288 g/mol. The summed E-state index contributed by atoms with van der Waals surface area (Å²) in [5.41, 5.74) is 5.95. The Kier molecular flexibility index (Phi) is 4.63. The molecule has 2 aliphatic rings. The number of carbonyl (C=O) groups is 1. The van der Waals surface area contributed by atoms with Crippen LogP contribution in [-0.4, -0.2) is 43.9 Å². The van der Waals surface area contributed by atoms with E-state index in [2.05, 4.69) is 0 Å². The summed E-state index contributed by atoms with van der Waals surface area (Å²) in [6.07, 6.45) is 6.41. The molecule has 1 aliphatic heterocycles. The van der Waals surface area contributed by atoms with Gasteiger partial charge in [0.2, 0.25) is 10.0 Å². The van der Waals surface area contributed by atoms with Gasteiger partial charge in [-0.2, -0.15) is 0 Å². The lowest BCUT2D eigenvalue weighted by Crippen LogP contribution is -2.41. The van der Waals surface area contributed by atoms with Gasteiger partial charge in [-0.05, 0) is 31.6 Å². The maximum Gasteiger partial charge on any atom is 0.211 e. The van der Waals surface area contributed by atoms with Crippen molar-refractivity contribution in [1.82, 2.24) is 4.31 Å². The highest BCUT2D eigenvalue weighted by atomic mass is 32.2. The lowest BCUT2D eigenvalue weighted by molar-refractivity contribution is -0.124. The minimum absolute atomic E-state index is 0.00797. The van der Waals surface area contributed by atoms with Crippen molar-refractivity contribution < 1.29 is 13.2 Å². The molecule has 1 heterocycles. The predicted octanol–water partition coefficient (Wildman–Crippen LogP) is 0.745. The average Bonchev–Trinajstić information content (AvgIpc) is 2.75. The third kappa shape index (κ3) is 3.77. The summed E-state index contributed by atoms with van der Waals surface area (Å²) in [5, 5.41) is 0. The Morgan fingerprint density at radius 1 is 1.26 bits per heavy atom. The Morgan fingerprint density at radius 2 is 2.00 bits per heavy atom. The zero-order valence-corrected chi connectivity index (χ0v) is 12.4. The van der Waals surface area contributed by atoms with Gasteiger partial charge in [0.15, 0.2) is 0 Å². The lowest BCUT2D eigenvalue weighted by atomic mass is 9.87. The number of nitrogens with two attached hydrogens (primary N) is 1. The second kappa shape index (κ2) is 5.89. The molecule has 1 aliphatic carbocycles. The molecule has 2 N–H and O–H groups in total. The van der Waals surface area contributed by atoms with Crippen LogP contribution in [0.5, 0.6) is 0 Å². The summed E-state index contributed by atoms with van der Waals surface area (Å²) in [6.45, 7) is 1.08. The Bertz CT molecular complexity index is 435. The van der Waals surface area contributed by atoms with Crippen LogP contribution in [0.3, 0.4) is 0 Å². The van der Waals surface area contributed by atoms with Gasteiger partial charge in [-0.25, -0.2) is 12.7 Å². The number of Topliss-reactive ketones (excluding diaryl/α,β-unsaturated/α-hetero) is 1. The fourth-order valence-corrected chi connectivity index (χ4v) is 4.26. The van der Waals surface area contributed by atoms with E-state index in [1.54, 1.807) is 0 Å². The fraction of sp³-hybridized carbons (Fsp3) is 0.923. The normalized spacial score (nSPS) is 33.5. The maximum absolute atomic E-state index is 12.2. The molecule has 2 rings (SSSR count). The van der Waals surface area contributed by atoms with E-state index in [0.29, 0.717) is 19.5 Å². The molecule has 0 aromatic heterocycles. The highest BCUT2D eigenvalue weighted by Crippen LogP contribution is 2.29. The van der Waals surface area contributed by atoms with Crippen molar-refractivity contribution in [2.75, 3.05) is 19.3 Å². The smallest absolute Gasteiger partial charge is 0.211 e. The van der Waals surface area contributed by atoms with Gasteiger partial charge in [0, 0.05) is 31.5 Å². The Hall–Kier alpha value is -0.460. The molecule has 1 saturated carbocycles. The van der Waals surface area contributed by atoms with Crippen molar-refractivity contribution in [2.24, 2.45) is 17.6 Å². The predicted molar refractivity (Wildman–Crippen MR) is 74.1 cm³/mol. The van der Waals surface area contributed by atoms with E-state index in [-0.39, 0.29) is 23.7 Å². The third-order valence-corrected chi connectivity index (χ3v) is 5.69. The molecular weight excluding hydrogens is 264 g/mol. The first kappa shape index (κ1) is 14.9. The second-order valence-electron chi connectivity index (χ2n) is 6.00. The monoisotopic (exact) mass is 288 g/mol. The highest BCUT2D eigenvalue weighted by molar-refractivity contribution is 7.88. The molecule has 5 nitrogen and oxygen atoms in total. The number of ketones is 1. The van der Waals surface area contributed by atoms with E-state index in [0.717, 1.165) is 32.1 Å². The molecule has 3 unspecified atom stereocenters. The third-order valence-electron chi connectivity index (χ3n) is 4.42. The molecule has 2 fully saturated rings. The minimum Gasteiger partial charge on any atom is -0.327 e. The van der Waals surface area contributed by atoms with Gasteiger partial charge in [-0.1, -0.05) is 6.42 Å². The van der Waals surface area contributed by atoms with E-state index >= 15 is 0 Å². The van der Waals surface area contributed by atoms with E-state index in [9.17, 15) is 13.2 Å². The van der Waals surface area contributed by atoms with Crippen LogP contribution in [0, 0.1) is 11.8 Å². The minimum atomic E-state index is -3.13. The summed E-state index contributed by atoms with van der Waals surface area (Å²) in [7, 11) is -3.13. The number of rotatable bonds is 4. The SMILES string of the molecule is CS(=O)(=O)N1CCCC(CC(=O)C2CCCC2N)C1. The fourth-order valence-electron chi connectivity index (χ4n) is 3.32. The molecule has 0 radical (unpaired) electrons. The first-order valence-electron chi connectivity index (χ1n) is 7.11. The van der Waals surface area contributed by atoms with Gasteiger partial charge >= 0.3 is 0 Å². The molecule has 1 saturated heterocycles. The van der Waals surface area contributed by atoms with Crippen LogP contribution in [0.4, 0.5) is 0 Å². The van der Waals surface area contributed by atoms with Crippen molar-refractivity contribution in [1.29, 1.82) is 0 Å². The van der Waals surface area contributed by atoms with Crippen LogP contribution in [-0.2, 0) is 14.8 Å². The van der Waals surface area contributed by atoms with Crippen LogP contribution in [0.25, 0.3) is 0 Å². The van der Waals surface area contributed by atoms with E-state index < -0.39 is 10.0 Å². The van der Waals surface area contributed by atoms with Gasteiger partial charge in [-0.15, -0.1) is 0 Å². The Labute approximate surface area is 115 Å². The van der Waals surface area contributed by atoms with E-state index in [4.69, 9.17) is 5.73 Å². The summed E-state index contributed by atoms with van der Waals surface area (Å²) in [4.78, 5) is 12.2. The zero-order chi connectivity index (χ0) is 14.0. The number of carbonyl (C=O) groups excluding carboxylic acids is 1. The molecule has 6 heteroatoms. The van der Waals surface area contributed by atoms with Crippen LogP contribution >= 0.6 is 0 Å². The van der Waals surface area contributed by atoms with Crippen molar-refractivity contribution in [3.8, 4) is 0 Å². The Balaban J connectivity index is 1.90. The lowest BCUT2D eigenvalue weighted by Gasteiger charge is -2.31. The van der Waals surface area contributed by atoms with E-state index in [1.807, 2.05) is 0 Å². The number of hydrogen-bond donors (Lipinski definition) is 1. The van der Waals surface area contributed by atoms with E-state index in [1.165, 1.54) is 10.6 Å². The standard InChI is InChI=1S/C13H24N2O3S/c1-19(17,18)15-7-3-4-10(9-15)8-13(16)11-5-2-6-12(11)14/h10-12H,2-9,14H2,1H3. The topological polar surface area (TPSA) is 80.5 Å². The molecule has 110 valence electrons. The van der Waals surface area contributed by atoms with Crippen LogP contribution in [0.15, 0.2) is 0 Å². The summed E-state index contributed by atoms with van der Waals surface area (Å²) >= 11 is 0. The molecule has 0 aromatic carbocycles. The van der Waals surface area contributed by atoms with Gasteiger partial charge < -0.3 is 5.73 Å². The number of hydrogen-bond acceptors (Lipinski definition) is 4. The van der Waals surface area contributed by atoms with Crippen molar-refractivity contribution in [3.05, 3.63) is 0 Å². The summed E-state index contributed by atoms with van der Waals surface area (Å²) in [6, 6.07) is 0.0158. The van der Waals surface area contributed by atoms with Crippen LogP contribution in [0.2, 0.25) is 0 Å². The van der Waals surface area contributed by atoms with Crippen LogP contribution < -0.4 is 5.73 Å². The zero-order valence-electron chi connectivity index (χ0n) is 11.5. The first-order chi connectivity index (χ1) is 8.88. The number of nitrogens with zero attached hydrogens (tertiary/aromatic N) is 1. The molecule has 19 heavy (non-hydrogen) atoms. The molecule has 0 aromatic rings. The van der Waals surface area contributed by atoms with Crippen LogP contribution in [0.1, 0.15) is 38.5 Å². The molecule has 0 amide bonds. The van der Waals surface area contributed by atoms with Crippen molar-refractivity contribution >= 4 is 15.8 Å². The maximum atomic E-state index is 12.2. The second-order valence-corrected chi connectivity index (χ2v) is 7.98. The van der Waals surface area contributed by atoms with Crippen molar-refractivity contribution in [2.45, 2.75) is 44.6 Å². The van der Waals surface area contributed by atoms with Gasteiger partial charge in [0.05, 0.1) is 6.26 Å². The largest absolute Gasteiger partial charge is 0.327 e. The van der Waals surface area contributed by atoms with Gasteiger partial charge in [-0.3, -0.25) is 4.79 Å². The molecular formula is C13H24N2O3S. The molecule has 0 bridgehead atoms. The summed E-state index contributed by atoms with van der Waals surface area (Å²) in [5.74, 6) is 0.419. The van der Waals surface area contributed by atoms with Gasteiger partial charge in [0.1, 0.15) is 5.78 Å². The molecule has 0 spiro atoms.